The van der Waals surface area contributed by atoms with Gasteiger partial charge in [0.2, 0.25) is 21.9 Å². The smallest absolute Gasteiger partial charge is 0.369 e. The first-order valence-corrected chi connectivity index (χ1v) is 11.5. The number of carbonyl (C=O) groups excluding carboxylic acids is 1. The van der Waals surface area contributed by atoms with Crippen LogP contribution in [-0.4, -0.2) is 42.6 Å². The van der Waals surface area contributed by atoms with E-state index in [1.807, 2.05) is 0 Å². The number of sulfonamides is 1. The van der Waals surface area contributed by atoms with Crippen LogP contribution in [0.3, 0.4) is 0 Å². The summed E-state index contributed by atoms with van der Waals surface area (Å²) in [6.07, 6.45) is -2.58. The fourth-order valence-electron chi connectivity index (χ4n) is 3.27. The first-order valence-electron chi connectivity index (χ1n) is 9.59. The maximum atomic E-state index is 13.4. The van der Waals surface area contributed by atoms with Crippen molar-refractivity contribution in [2.45, 2.75) is 38.4 Å². The number of hydrogen-bond donors (Lipinski definition) is 4. The van der Waals surface area contributed by atoms with Crippen molar-refractivity contribution in [1.29, 1.82) is 0 Å². The van der Waals surface area contributed by atoms with E-state index in [2.05, 4.69) is 30.6 Å². The summed E-state index contributed by atoms with van der Waals surface area (Å²) >= 11 is 0. The minimum atomic E-state index is -4.68. The molecule has 1 aromatic heterocycles. The number of nitrogens with zero attached hydrogens (tertiary/aromatic N) is 2. The number of hydrogen-bond acceptors (Lipinski definition) is 7. The summed E-state index contributed by atoms with van der Waals surface area (Å²) in [6.45, 7) is 3.28. The molecular weight excluding hydrogens is 449 g/mol. The molecule has 4 N–H and O–H groups in total. The van der Waals surface area contributed by atoms with Gasteiger partial charge in [-0.25, -0.2) is 18.1 Å². The number of benzene rings is 1. The van der Waals surface area contributed by atoms with Gasteiger partial charge in [-0.1, -0.05) is 0 Å². The van der Waals surface area contributed by atoms with E-state index in [-0.39, 0.29) is 31.2 Å². The molecule has 9 nitrogen and oxygen atoms in total. The van der Waals surface area contributed by atoms with Crippen LogP contribution in [0.25, 0.3) is 0 Å². The lowest BCUT2D eigenvalue weighted by Gasteiger charge is -2.25. The minimum absolute atomic E-state index is 0.0294. The Hall–Kier alpha value is -2.93. The highest BCUT2D eigenvalue weighted by Crippen LogP contribution is 2.34. The van der Waals surface area contributed by atoms with Crippen LogP contribution in [0.15, 0.2) is 24.4 Å². The molecule has 1 aliphatic heterocycles. The Morgan fingerprint density at radius 3 is 2.59 bits per heavy atom. The molecule has 3 rings (SSSR count). The topological polar surface area (TPSA) is 125 Å². The number of aromatic nitrogens is 2. The fraction of sp³-hybridized carbons (Fsp3) is 0.421. The van der Waals surface area contributed by atoms with Gasteiger partial charge in [0, 0.05) is 29.7 Å². The third kappa shape index (κ3) is 6.29. The van der Waals surface area contributed by atoms with Crippen LogP contribution in [0.4, 0.5) is 36.3 Å². The summed E-state index contributed by atoms with van der Waals surface area (Å²) in [6, 6.07) is 5.03. The summed E-state index contributed by atoms with van der Waals surface area (Å²) < 4.78 is 65.5. The second kappa shape index (κ2) is 8.54. The highest BCUT2D eigenvalue weighted by Gasteiger charge is 2.35. The second-order valence-electron chi connectivity index (χ2n) is 8.11. The van der Waals surface area contributed by atoms with Gasteiger partial charge in [-0.05, 0) is 44.0 Å². The quantitative estimate of drug-likeness (QED) is 0.466. The average Bonchev–Trinajstić information content (AvgIpc) is 2.98. The first kappa shape index (κ1) is 23.7. The lowest BCUT2D eigenvalue weighted by atomic mass is 10.0. The van der Waals surface area contributed by atoms with Crippen LogP contribution in [0.1, 0.15) is 31.4 Å². The Morgan fingerprint density at radius 2 is 1.94 bits per heavy atom. The maximum Gasteiger partial charge on any atom is 0.421 e. The van der Waals surface area contributed by atoms with Gasteiger partial charge < -0.3 is 16.0 Å². The predicted octanol–water partition coefficient (Wildman–Crippen LogP) is 2.86. The molecule has 0 spiro atoms. The van der Waals surface area contributed by atoms with Crippen LogP contribution in [-0.2, 0) is 27.4 Å². The average molecular weight is 472 g/mol. The molecule has 2 aromatic rings. The van der Waals surface area contributed by atoms with Crippen molar-refractivity contribution >= 4 is 39.1 Å². The Kier molecular flexibility index (Phi) is 6.33. The number of anilines is 4. The number of alkyl halides is 3. The Bertz CT molecular complexity index is 1140. The SMILES string of the molecule is CC(C)(CCNc1nc(Nc2ccc3c(c2)CC(=O)N3)ncc1C(F)(F)F)NS(C)(=O)=O. The van der Waals surface area contributed by atoms with E-state index in [4.69, 9.17) is 0 Å². The molecule has 0 saturated carbocycles. The lowest BCUT2D eigenvalue weighted by Crippen LogP contribution is -2.44. The molecule has 1 amide bonds. The van der Waals surface area contributed by atoms with Gasteiger partial charge in [-0.15, -0.1) is 0 Å². The standard InChI is InChI=1S/C19H23F3N6O3S/c1-18(2,28-32(3,30)31)6-7-23-16-13(19(20,21)22)10-24-17(27-16)25-12-4-5-14-11(8-12)9-15(29)26-14/h4-5,8,10,28H,6-7,9H2,1-3H3,(H,26,29)(H2,23,24,25,27). The summed E-state index contributed by atoms with van der Waals surface area (Å²) in [5, 5.41) is 8.17. The van der Waals surface area contributed by atoms with E-state index in [9.17, 15) is 26.4 Å². The summed E-state index contributed by atoms with van der Waals surface area (Å²) in [5.74, 6) is -0.628. The Balaban J connectivity index is 1.77. The number of amides is 1. The van der Waals surface area contributed by atoms with Crippen LogP contribution in [0.2, 0.25) is 0 Å². The van der Waals surface area contributed by atoms with Gasteiger partial charge in [0.1, 0.15) is 11.4 Å². The van der Waals surface area contributed by atoms with Crippen molar-refractivity contribution in [2.24, 2.45) is 0 Å². The van der Waals surface area contributed by atoms with Crippen molar-refractivity contribution in [3.05, 3.63) is 35.5 Å². The molecule has 174 valence electrons. The van der Waals surface area contributed by atoms with Gasteiger partial charge in [0.15, 0.2) is 0 Å². The van der Waals surface area contributed by atoms with Gasteiger partial charge in [0.05, 0.1) is 12.7 Å². The maximum absolute atomic E-state index is 13.4. The zero-order chi connectivity index (χ0) is 23.7. The monoisotopic (exact) mass is 472 g/mol. The fourth-order valence-corrected chi connectivity index (χ4v) is 4.37. The summed E-state index contributed by atoms with van der Waals surface area (Å²) in [5.41, 5.74) is 0.0424. The van der Waals surface area contributed by atoms with E-state index in [1.165, 1.54) is 0 Å². The predicted molar refractivity (Wildman–Crippen MR) is 114 cm³/mol. The number of fused-ring (bicyclic) bond motifs is 1. The van der Waals surface area contributed by atoms with Gasteiger partial charge in [-0.2, -0.15) is 18.2 Å². The van der Waals surface area contributed by atoms with Crippen LogP contribution >= 0.6 is 0 Å². The molecular formula is C19H23F3N6O3S. The summed E-state index contributed by atoms with van der Waals surface area (Å²) in [7, 11) is -3.48. The molecule has 0 bridgehead atoms. The Labute approximate surface area is 183 Å². The van der Waals surface area contributed by atoms with Gasteiger partial charge in [0.25, 0.3) is 0 Å². The molecule has 0 fully saturated rings. The van der Waals surface area contributed by atoms with Crippen LogP contribution < -0.4 is 20.7 Å². The third-order valence-electron chi connectivity index (χ3n) is 4.58. The van der Waals surface area contributed by atoms with Gasteiger partial charge in [-0.3, -0.25) is 4.79 Å². The van der Waals surface area contributed by atoms with E-state index in [0.717, 1.165) is 11.8 Å². The lowest BCUT2D eigenvalue weighted by molar-refractivity contribution is -0.137. The van der Waals surface area contributed by atoms with Crippen molar-refractivity contribution in [1.82, 2.24) is 14.7 Å². The molecule has 32 heavy (non-hydrogen) atoms. The third-order valence-corrected chi connectivity index (χ3v) is 5.51. The highest BCUT2D eigenvalue weighted by atomic mass is 32.2. The molecule has 2 heterocycles. The highest BCUT2D eigenvalue weighted by molar-refractivity contribution is 7.88. The van der Waals surface area contributed by atoms with Crippen molar-refractivity contribution in [2.75, 3.05) is 28.8 Å². The van der Waals surface area contributed by atoms with E-state index in [1.54, 1.807) is 32.0 Å². The molecule has 1 aromatic carbocycles. The van der Waals surface area contributed by atoms with E-state index >= 15 is 0 Å². The van der Waals surface area contributed by atoms with Crippen molar-refractivity contribution in [3.63, 3.8) is 0 Å². The van der Waals surface area contributed by atoms with Crippen molar-refractivity contribution in [3.8, 4) is 0 Å². The zero-order valence-electron chi connectivity index (χ0n) is 17.6. The van der Waals surface area contributed by atoms with Crippen LogP contribution in [0.5, 0.6) is 0 Å². The minimum Gasteiger partial charge on any atom is -0.369 e. The number of halogens is 3. The molecule has 0 aliphatic carbocycles. The summed E-state index contributed by atoms with van der Waals surface area (Å²) in [4.78, 5) is 19.2. The molecule has 0 saturated heterocycles. The van der Waals surface area contributed by atoms with Crippen LogP contribution in [0, 0.1) is 0 Å². The molecule has 0 radical (unpaired) electrons. The number of rotatable bonds is 8. The molecule has 0 unspecified atom stereocenters. The largest absolute Gasteiger partial charge is 0.421 e. The molecule has 0 atom stereocenters. The first-order chi connectivity index (χ1) is 14.7. The number of carbonyl (C=O) groups is 1. The Morgan fingerprint density at radius 1 is 1.22 bits per heavy atom. The number of nitrogens with one attached hydrogen (secondary N) is 4. The van der Waals surface area contributed by atoms with E-state index < -0.39 is 33.1 Å². The molecule has 13 heteroatoms. The van der Waals surface area contributed by atoms with Gasteiger partial charge >= 0.3 is 6.18 Å². The normalized spacial score (nSPS) is 14.1. The molecule has 1 aliphatic rings. The van der Waals surface area contributed by atoms with E-state index in [0.29, 0.717) is 17.6 Å². The second-order valence-corrected chi connectivity index (χ2v) is 9.86. The zero-order valence-corrected chi connectivity index (χ0v) is 18.4. The van der Waals surface area contributed by atoms with Crippen molar-refractivity contribution < 1.29 is 26.4 Å².